The van der Waals surface area contributed by atoms with Gasteiger partial charge in [0.05, 0.1) is 11.3 Å². The number of thioether (sulfide) groups is 1. The lowest BCUT2D eigenvalue weighted by molar-refractivity contribution is -0.124. The van der Waals surface area contributed by atoms with E-state index in [1.54, 1.807) is 47.0 Å². The highest BCUT2D eigenvalue weighted by atomic mass is 32.2. The Morgan fingerprint density at radius 2 is 1.86 bits per heavy atom. The van der Waals surface area contributed by atoms with Crippen molar-refractivity contribution in [2.24, 2.45) is 0 Å². The first-order valence-electron chi connectivity index (χ1n) is 8.79. The van der Waals surface area contributed by atoms with E-state index in [4.69, 9.17) is 4.74 Å². The molecule has 0 aliphatic rings. The number of esters is 1. The highest BCUT2D eigenvalue weighted by Crippen LogP contribution is 2.17. The molecule has 0 radical (unpaired) electrons. The number of ether oxygens (including phenoxy) is 1. The van der Waals surface area contributed by atoms with Crippen molar-refractivity contribution >= 4 is 23.6 Å². The van der Waals surface area contributed by atoms with Crippen molar-refractivity contribution in [1.29, 1.82) is 0 Å². The van der Waals surface area contributed by atoms with Crippen molar-refractivity contribution in [3.63, 3.8) is 0 Å². The number of rotatable bonds is 9. The average molecular weight is 396 g/mol. The third kappa shape index (κ3) is 5.95. The van der Waals surface area contributed by atoms with E-state index in [-0.39, 0.29) is 12.5 Å². The highest BCUT2D eigenvalue weighted by molar-refractivity contribution is 7.99. The largest absolute Gasteiger partial charge is 0.452 e. The fraction of sp³-hybridized carbons (Fsp3) is 0.200. The summed E-state index contributed by atoms with van der Waals surface area (Å²) in [6, 6.07) is 16.8. The molecule has 0 saturated heterocycles. The molecule has 3 aromatic rings. The smallest absolute Gasteiger partial charge is 0.338 e. The lowest BCUT2D eigenvalue weighted by Crippen LogP contribution is -2.29. The van der Waals surface area contributed by atoms with Crippen LogP contribution in [0.5, 0.6) is 0 Å². The Morgan fingerprint density at radius 1 is 1.07 bits per heavy atom. The Hall–Kier alpha value is -3.13. The number of hydrogen-bond acceptors (Lipinski definition) is 6. The summed E-state index contributed by atoms with van der Waals surface area (Å²) < 4.78 is 6.64. The molecule has 0 unspecified atom stereocenters. The van der Waals surface area contributed by atoms with Gasteiger partial charge in [-0.15, -0.1) is 11.8 Å². The number of benzene rings is 2. The number of carbonyl (C=O) groups excluding carboxylic acids is 2. The normalized spacial score (nSPS) is 10.4. The molecule has 2 aromatic carbocycles. The maximum Gasteiger partial charge on any atom is 0.338 e. The zero-order valence-electron chi connectivity index (χ0n) is 15.2. The van der Waals surface area contributed by atoms with Gasteiger partial charge in [-0.3, -0.25) is 4.79 Å². The Bertz CT molecular complexity index is 884. The lowest BCUT2D eigenvalue weighted by atomic mass is 10.2. The molecule has 8 heteroatoms. The SMILES string of the molecule is O=C(COC(=O)c1ccc(-n2cncn2)cc1)NCCCSc1ccccc1. The van der Waals surface area contributed by atoms with Crippen molar-refractivity contribution in [2.75, 3.05) is 18.9 Å². The molecular formula is C20H20N4O3S. The molecule has 0 spiro atoms. The minimum absolute atomic E-state index is 0.296. The number of hydrogen-bond donors (Lipinski definition) is 1. The van der Waals surface area contributed by atoms with Crippen molar-refractivity contribution in [3.05, 3.63) is 72.8 Å². The summed E-state index contributed by atoms with van der Waals surface area (Å²) in [7, 11) is 0. The van der Waals surface area contributed by atoms with Crippen LogP contribution in [0.25, 0.3) is 5.69 Å². The van der Waals surface area contributed by atoms with E-state index >= 15 is 0 Å². The number of amides is 1. The second-order valence-electron chi connectivity index (χ2n) is 5.83. The average Bonchev–Trinajstić information content (AvgIpc) is 3.27. The molecule has 0 aliphatic carbocycles. The summed E-state index contributed by atoms with van der Waals surface area (Å²) in [5.74, 6) is 0.0552. The first kappa shape index (κ1) is 19.6. The van der Waals surface area contributed by atoms with E-state index in [0.29, 0.717) is 12.1 Å². The second-order valence-corrected chi connectivity index (χ2v) is 7.00. The molecule has 1 heterocycles. The third-order valence-corrected chi connectivity index (χ3v) is 4.87. The fourth-order valence-electron chi connectivity index (χ4n) is 2.36. The van der Waals surface area contributed by atoms with Crippen LogP contribution in [-0.2, 0) is 9.53 Å². The number of aromatic nitrogens is 3. The van der Waals surface area contributed by atoms with Crippen LogP contribution < -0.4 is 5.32 Å². The van der Waals surface area contributed by atoms with Gasteiger partial charge >= 0.3 is 5.97 Å². The quantitative estimate of drug-likeness (QED) is 0.340. The summed E-state index contributed by atoms with van der Waals surface area (Å²) in [6.07, 6.45) is 3.83. The minimum Gasteiger partial charge on any atom is -0.452 e. The maximum absolute atomic E-state index is 12.0. The van der Waals surface area contributed by atoms with Gasteiger partial charge in [-0.1, -0.05) is 18.2 Å². The van der Waals surface area contributed by atoms with Crippen LogP contribution >= 0.6 is 11.8 Å². The standard InChI is InChI=1S/C20H20N4O3S/c25-19(22-11-4-12-28-18-5-2-1-3-6-18)13-27-20(26)16-7-9-17(10-8-16)24-15-21-14-23-24/h1-3,5-10,14-15H,4,11-13H2,(H,22,25). The molecular weight excluding hydrogens is 376 g/mol. The van der Waals surface area contributed by atoms with Crippen LogP contribution in [0.15, 0.2) is 72.1 Å². The van der Waals surface area contributed by atoms with Gasteiger partial charge in [0.25, 0.3) is 5.91 Å². The van der Waals surface area contributed by atoms with Crippen molar-refractivity contribution in [2.45, 2.75) is 11.3 Å². The molecule has 7 nitrogen and oxygen atoms in total. The van der Waals surface area contributed by atoms with E-state index in [0.717, 1.165) is 17.9 Å². The first-order valence-corrected chi connectivity index (χ1v) is 9.78. The van der Waals surface area contributed by atoms with E-state index < -0.39 is 5.97 Å². The maximum atomic E-state index is 12.0. The van der Waals surface area contributed by atoms with Gasteiger partial charge in [-0.2, -0.15) is 5.10 Å². The van der Waals surface area contributed by atoms with Crippen molar-refractivity contribution in [3.8, 4) is 5.69 Å². The third-order valence-electron chi connectivity index (χ3n) is 3.78. The number of nitrogens with one attached hydrogen (secondary N) is 1. The molecule has 1 amide bonds. The molecule has 0 aliphatic heterocycles. The fourth-order valence-corrected chi connectivity index (χ4v) is 3.24. The predicted octanol–water partition coefficient (Wildman–Crippen LogP) is 2.72. The van der Waals surface area contributed by atoms with Crippen LogP contribution in [-0.4, -0.2) is 45.5 Å². The summed E-state index contributed by atoms with van der Waals surface area (Å²) >= 11 is 1.74. The van der Waals surface area contributed by atoms with Crippen LogP contribution in [0.1, 0.15) is 16.8 Å². The Morgan fingerprint density at radius 3 is 2.57 bits per heavy atom. The van der Waals surface area contributed by atoms with Gasteiger partial charge in [-0.25, -0.2) is 14.5 Å². The highest BCUT2D eigenvalue weighted by Gasteiger charge is 2.10. The zero-order valence-corrected chi connectivity index (χ0v) is 16.0. The topological polar surface area (TPSA) is 86.1 Å². The summed E-state index contributed by atoms with van der Waals surface area (Å²) in [5, 5.41) is 6.77. The summed E-state index contributed by atoms with van der Waals surface area (Å²) in [4.78, 5) is 28.9. The van der Waals surface area contributed by atoms with Gasteiger partial charge in [0.15, 0.2) is 6.61 Å². The van der Waals surface area contributed by atoms with Crippen LogP contribution in [0, 0.1) is 0 Å². The Balaban J connectivity index is 1.33. The van der Waals surface area contributed by atoms with Gasteiger partial charge in [0, 0.05) is 11.4 Å². The molecule has 28 heavy (non-hydrogen) atoms. The van der Waals surface area contributed by atoms with Gasteiger partial charge in [0.1, 0.15) is 12.7 Å². The molecule has 0 atom stereocenters. The Kier molecular flexibility index (Phi) is 7.20. The molecule has 0 saturated carbocycles. The first-order chi connectivity index (χ1) is 13.7. The molecule has 3 rings (SSSR count). The monoisotopic (exact) mass is 396 g/mol. The van der Waals surface area contributed by atoms with Crippen LogP contribution in [0.4, 0.5) is 0 Å². The van der Waals surface area contributed by atoms with Crippen LogP contribution in [0.3, 0.4) is 0 Å². The Labute approximate surface area is 167 Å². The minimum atomic E-state index is -0.542. The lowest BCUT2D eigenvalue weighted by Gasteiger charge is -2.07. The van der Waals surface area contributed by atoms with E-state index in [1.165, 1.54) is 11.2 Å². The molecule has 0 fully saturated rings. The molecule has 1 aromatic heterocycles. The van der Waals surface area contributed by atoms with E-state index in [9.17, 15) is 9.59 Å². The number of nitrogens with zero attached hydrogens (tertiary/aromatic N) is 3. The summed E-state index contributed by atoms with van der Waals surface area (Å²) in [6.45, 7) is 0.248. The van der Waals surface area contributed by atoms with E-state index in [2.05, 4.69) is 27.5 Å². The predicted molar refractivity (Wildman–Crippen MR) is 106 cm³/mol. The second kappa shape index (κ2) is 10.3. The van der Waals surface area contributed by atoms with E-state index in [1.807, 2.05) is 18.2 Å². The van der Waals surface area contributed by atoms with Gasteiger partial charge in [-0.05, 0) is 48.6 Å². The van der Waals surface area contributed by atoms with Crippen molar-refractivity contribution in [1.82, 2.24) is 20.1 Å². The van der Waals surface area contributed by atoms with Crippen molar-refractivity contribution < 1.29 is 14.3 Å². The molecule has 0 bridgehead atoms. The van der Waals surface area contributed by atoms with Gasteiger partial charge in [0.2, 0.25) is 0 Å². The molecule has 144 valence electrons. The molecule has 1 N–H and O–H groups in total. The van der Waals surface area contributed by atoms with Crippen LogP contribution in [0.2, 0.25) is 0 Å². The van der Waals surface area contributed by atoms with Gasteiger partial charge < -0.3 is 10.1 Å². The zero-order chi connectivity index (χ0) is 19.6. The number of carbonyl (C=O) groups is 2. The summed E-state index contributed by atoms with van der Waals surface area (Å²) in [5.41, 5.74) is 1.15.